The molecule has 0 amide bonds. The van der Waals surface area contributed by atoms with Gasteiger partial charge in [0.25, 0.3) is 0 Å². The SMILES string of the molecule is CC1CCCC(SCC(=O)OC(C)C)C1. The number of carbonyl (C=O) groups excluding carboxylic acids is 1. The highest BCUT2D eigenvalue weighted by atomic mass is 32.2. The van der Waals surface area contributed by atoms with Crippen molar-refractivity contribution in [3.63, 3.8) is 0 Å². The van der Waals surface area contributed by atoms with Gasteiger partial charge in [0.2, 0.25) is 0 Å². The van der Waals surface area contributed by atoms with Crippen LogP contribution in [0.2, 0.25) is 0 Å². The van der Waals surface area contributed by atoms with E-state index in [4.69, 9.17) is 4.74 Å². The molecule has 0 aromatic heterocycles. The molecule has 1 fully saturated rings. The standard InChI is InChI=1S/C12H22O2S/c1-9(2)14-12(13)8-15-11-6-4-5-10(3)7-11/h9-11H,4-8H2,1-3H3. The van der Waals surface area contributed by atoms with Crippen molar-refractivity contribution in [2.75, 3.05) is 5.75 Å². The molecule has 2 nitrogen and oxygen atoms in total. The van der Waals surface area contributed by atoms with Crippen molar-refractivity contribution in [3.05, 3.63) is 0 Å². The van der Waals surface area contributed by atoms with Gasteiger partial charge >= 0.3 is 5.97 Å². The van der Waals surface area contributed by atoms with E-state index in [1.807, 2.05) is 13.8 Å². The lowest BCUT2D eigenvalue weighted by molar-refractivity contribution is -0.144. The molecular formula is C12H22O2S. The zero-order chi connectivity index (χ0) is 11.3. The molecule has 0 radical (unpaired) electrons. The molecule has 2 unspecified atom stereocenters. The second-order valence-corrected chi connectivity index (χ2v) is 6.03. The highest BCUT2D eigenvalue weighted by Gasteiger charge is 2.20. The molecule has 2 atom stereocenters. The second kappa shape index (κ2) is 6.41. The lowest BCUT2D eigenvalue weighted by Gasteiger charge is -2.25. The van der Waals surface area contributed by atoms with Crippen LogP contribution in [0.1, 0.15) is 46.5 Å². The van der Waals surface area contributed by atoms with E-state index in [0.29, 0.717) is 11.0 Å². The molecule has 0 aromatic carbocycles. The molecule has 88 valence electrons. The predicted octanol–water partition coefficient (Wildman–Crippen LogP) is 3.25. The average molecular weight is 230 g/mol. The van der Waals surface area contributed by atoms with E-state index in [0.717, 1.165) is 5.92 Å². The summed E-state index contributed by atoms with van der Waals surface area (Å²) < 4.78 is 5.11. The Morgan fingerprint density at radius 2 is 2.20 bits per heavy atom. The molecule has 0 spiro atoms. The summed E-state index contributed by atoms with van der Waals surface area (Å²) in [6.45, 7) is 6.09. The molecule has 1 saturated carbocycles. The Labute approximate surface area is 97.1 Å². The Kier molecular flexibility index (Phi) is 5.51. The molecule has 0 saturated heterocycles. The van der Waals surface area contributed by atoms with Gasteiger partial charge in [-0.3, -0.25) is 4.79 Å². The lowest BCUT2D eigenvalue weighted by atomic mass is 9.91. The third-order valence-corrected chi connectivity index (χ3v) is 3.99. The molecule has 1 rings (SSSR count). The fraction of sp³-hybridized carbons (Fsp3) is 0.917. The summed E-state index contributed by atoms with van der Waals surface area (Å²) >= 11 is 1.78. The van der Waals surface area contributed by atoms with Gasteiger partial charge in [-0.05, 0) is 32.6 Å². The van der Waals surface area contributed by atoms with Gasteiger partial charge in [0, 0.05) is 5.25 Å². The van der Waals surface area contributed by atoms with Crippen LogP contribution in [0.3, 0.4) is 0 Å². The van der Waals surface area contributed by atoms with Crippen LogP contribution >= 0.6 is 11.8 Å². The van der Waals surface area contributed by atoms with E-state index in [2.05, 4.69) is 6.92 Å². The molecule has 0 aliphatic heterocycles. The van der Waals surface area contributed by atoms with Crippen molar-refractivity contribution in [1.82, 2.24) is 0 Å². The van der Waals surface area contributed by atoms with E-state index in [-0.39, 0.29) is 12.1 Å². The Bertz CT molecular complexity index is 204. The predicted molar refractivity (Wildman–Crippen MR) is 65.1 cm³/mol. The fourth-order valence-corrected chi connectivity index (χ4v) is 3.25. The number of hydrogen-bond acceptors (Lipinski definition) is 3. The zero-order valence-electron chi connectivity index (χ0n) is 9.99. The zero-order valence-corrected chi connectivity index (χ0v) is 10.8. The summed E-state index contributed by atoms with van der Waals surface area (Å²) in [6.07, 6.45) is 5.22. The number of hydrogen-bond donors (Lipinski definition) is 0. The van der Waals surface area contributed by atoms with Crippen LogP contribution in [-0.2, 0) is 9.53 Å². The highest BCUT2D eigenvalue weighted by molar-refractivity contribution is 8.00. The number of rotatable bonds is 4. The van der Waals surface area contributed by atoms with Crippen LogP contribution in [0.4, 0.5) is 0 Å². The first-order chi connectivity index (χ1) is 7.08. The van der Waals surface area contributed by atoms with Gasteiger partial charge in [0.05, 0.1) is 11.9 Å². The van der Waals surface area contributed by atoms with Gasteiger partial charge < -0.3 is 4.74 Å². The number of thioether (sulfide) groups is 1. The van der Waals surface area contributed by atoms with E-state index >= 15 is 0 Å². The van der Waals surface area contributed by atoms with Crippen LogP contribution in [0.5, 0.6) is 0 Å². The number of esters is 1. The number of ether oxygens (including phenoxy) is 1. The van der Waals surface area contributed by atoms with Crippen molar-refractivity contribution < 1.29 is 9.53 Å². The highest BCUT2D eigenvalue weighted by Crippen LogP contribution is 2.31. The molecular weight excluding hydrogens is 208 g/mol. The molecule has 0 heterocycles. The number of carbonyl (C=O) groups is 1. The van der Waals surface area contributed by atoms with Crippen molar-refractivity contribution in [2.45, 2.75) is 57.8 Å². The monoisotopic (exact) mass is 230 g/mol. The summed E-state index contributed by atoms with van der Waals surface area (Å²) in [5.41, 5.74) is 0. The molecule has 1 aliphatic carbocycles. The first kappa shape index (κ1) is 12.9. The van der Waals surface area contributed by atoms with Crippen molar-refractivity contribution >= 4 is 17.7 Å². The Hall–Kier alpha value is -0.180. The average Bonchev–Trinajstić information content (AvgIpc) is 2.14. The Balaban J connectivity index is 2.16. The summed E-state index contributed by atoms with van der Waals surface area (Å²) in [5.74, 6) is 1.29. The van der Waals surface area contributed by atoms with Crippen LogP contribution in [0.15, 0.2) is 0 Å². The third-order valence-electron chi connectivity index (χ3n) is 2.69. The van der Waals surface area contributed by atoms with Gasteiger partial charge in [-0.25, -0.2) is 0 Å². The van der Waals surface area contributed by atoms with Crippen molar-refractivity contribution in [2.24, 2.45) is 5.92 Å². The summed E-state index contributed by atoms with van der Waals surface area (Å²) in [7, 11) is 0. The fourth-order valence-electron chi connectivity index (χ4n) is 2.01. The van der Waals surface area contributed by atoms with Crippen molar-refractivity contribution in [1.29, 1.82) is 0 Å². The smallest absolute Gasteiger partial charge is 0.316 e. The first-order valence-electron chi connectivity index (χ1n) is 5.89. The topological polar surface area (TPSA) is 26.3 Å². The molecule has 15 heavy (non-hydrogen) atoms. The van der Waals surface area contributed by atoms with Crippen LogP contribution in [0, 0.1) is 5.92 Å². The molecule has 0 N–H and O–H groups in total. The van der Waals surface area contributed by atoms with Gasteiger partial charge in [0.15, 0.2) is 0 Å². The summed E-state index contributed by atoms with van der Waals surface area (Å²) in [6, 6.07) is 0. The van der Waals surface area contributed by atoms with E-state index in [1.54, 1.807) is 11.8 Å². The van der Waals surface area contributed by atoms with E-state index in [9.17, 15) is 4.79 Å². The summed E-state index contributed by atoms with van der Waals surface area (Å²) in [5, 5.41) is 0.675. The minimum atomic E-state index is -0.0618. The minimum Gasteiger partial charge on any atom is -0.462 e. The maximum atomic E-state index is 11.3. The Morgan fingerprint density at radius 3 is 2.80 bits per heavy atom. The quantitative estimate of drug-likeness (QED) is 0.693. The first-order valence-corrected chi connectivity index (χ1v) is 6.94. The van der Waals surface area contributed by atoms with Gasteiger partial charge in [-0.2, -0.15) is 0 Å². The molecule has 0 aromatic rings. The summed E-state index contributed by atoms with van der Waals surface area (Å²) in [4.78, 5) is 11.3. The minimum absolute atomic E-state index is 0.0170. The lowest BCUT2D eigenvalue weighted by Crippen LogP contribution is -2.19. The van der Waals surface area contributed by atoms with Crippen LogP contribution in [-0.4, -0.2) is 23.1 Å². The van der Waals surface area contributed by atoms with Crippen molar-refractivity contribution in [3.8, 4) is 0 Å². The largest absolute Gasteiger partial charge is 0.462 e. The van der Waals surface area contributed by atoms with Crippen LogP contribution in [0.25, 0.3) is 0 Å². The molecule has 1 aliphatic rings. The van der Waals surface area contributed by atoms with Gasteiger partial charge in [-0.15, -0.1) is 11.8 Å². The van der Waals surface area contributed by atoms with E-state index < -0.39 is 0 Å². The maximum Gasteiger partial charge on any atom is 0.316 e. The van der Waals surface area contributed by atoms with Gasteiger partial charge in [0.1, 0.15) is 0 Å². The molecule has 0 bridgehead atoms. The van der Waals surface area contributed by atoms with Crippen LogP contribution < -0.4 is 0 Å². The van der Waals surface area contributed by atoms with E-state index in [1.165, 1.54) is 25.7 Å². The normalized spacial score (nSPS) is 26.7. The van der Waals surface area contributed by atoms with Gasteiger partial charge in [-0.1, -0.05) is 19.8 Å². The third kappa shape index (κ3) is 5.45. The maximum absolute atomic E-state index is 11.3. The Morgan fingerprint density at radius 1 is 1.47 bits per heavy atom. The second-order valence-electron chi connectivity index (χ2n) is 4.74. The molecule has 3 heteroatoms.